The van der Waals surface area contributed by atoms with Gasteiger partial charge in [-0.15, -0.1) is 0 Å². The summed E-state index contributed by atoms with van der Waals surface area (Å²) in [5.41, 5.74) is -0.0631. The minimum absolute atomic E-state index is 0.164. The maximum Gasteiger partial charge on any atom is 0.408 e. The third-order valence-electron chi connectivity index (χ3n) is 5.14. The monoisotopic (exact) mass is 511 g/mol. The van der Waals surface area contributed by atoms with Crippen LogP contribution in [0.4, 0.5) is 4.79 Å². The Hall–Kier alpha value is -3.68. The van der Waals surface area contributed by atoms with Gasteiger partial charge < -0.3 is 19.5 Å². The molecule has 0 spiro atoms. The molecule has 1 amide bonds. The van der Waals surface area contributed by atoms with Crippen LogP contribution in [-0.2, 0) is 23.8 Å². The number of amides is 1. The zero-order chi connectivity index (χ0) is 28.0. The second-order valence-corrected chi connectivity index (χ2v) is 10.8. The number of benzene rings is 2. The Balaban J connectivity index is 2.19. The Bertz CT molecular complexity index is 1110. The highest BCUT2D eigenvalue weighted by Crippen LogP contribution is 2.22. The number of alkyl carbamates (subject to hydrolysis) is 1. The topological polar surface area (TPSA) is 108 Å². The lowest BCUT2D eigenvalue weighted by Gasteiger charge is -2.29. The largest absolute Gasteiger partial charge is 0.459 e. The van der Waals surface area contributed by atoms with Gasteiger partial charge in [-0.2, -0.15) is 0 Å². The number of carbonyl (C=O) groups is 4. The third kappa shape index (κ3) is 9.37. The summed E-state index contributed by atoms with van der Waals surface area (Å²) in [6.45, 7) is 13.3. The van der Waals surface area contributed by atoms with Crippen molar-refractivity contribution in [2.75, 3.05) is 0 Å². The lowest BCUT2D eigenvalue weighted by molar-refractivity contribution is -0.165. The fourth-order valence-electron chi connectivity index (χ4n) is 3.36. The zero-order valence-electron chi connectivity index (χ0n) is 22.8. The second-order valence-electron chi connectivity index (χ2n) is 10.8. The van der Waals surface area contributed by atoms with E-state index in [4.69, 9.17) is 14.2 Å². The zero-order valence-corrected chi connectivity index (χ0v) is 22.8. The van der Waals surface area contributed by atoms with Gasteiger partial charge in [-0.25, -0.2) is 9.59 Å². The molecule has 0 heterocycles. The Morgan fingerprint density at radius 2 is 1.30 bits per heavy atom. The smallest absolute Gasteiger partial charge is 0.408 e. The van der Waals surface area contributed by atoms with Gasteiger partial charge in [0.05, 0.1) is 5.92 Å². The van der Waals surface area contributed by atoms with Crippen molar-refractivity contribution < 1.29 is 33.4 Å². The van der Waals surface area contributed by atoms with Gasteiger partial charge >= 0.3 is 18.0 Å². The molecule has 200 valence electrons. The van der Waals surface area contributed by atoms with Crippen molar-refractivity contribution in [2.45, 2.75) is 84.7 Å². The molecule has 0 aromatic heterocycles. The van der Waals surface area contributed by atoms with Crippen molar-refractivity contribution in [3.8, 4) is 0 Å². The van der Waals surface area contributed by atoms with Crippen molar-refractivity contribution in [2.24, 2.45) is 0 Å². The molecule has 1 N–H and O–H groups in total. The quantitative estimate of drug-likeness (QED) is 0.295. The molecule has 2 aromatic carbocycles. The highest BCUT2D eigenvalue weighted by Gasteiger charge is 2.35. The van der Waals surface area contributed by atoms with Gasteiger partial charge in [-0.05, 0) is 67.0 Å². The summed E-state index contributed by atoms with van der Waals surface area (Å²) >= 11 is 0. The number of esters is 2. The maximum absolute atomic E-state index is 13.0. The van der Waals surface area contributed by atoms with Gasteiger partial charge in [0.1, 0.15) is 17.3 Å². The second kappa shape index (κ2) is 12.0. The molecule has 2 rings (SSSR count). The van der Waals surface area contributed by atoms with Crippen LogP contribution in [0.5, 0.6) is 0 Å². The van der Waals surface area contributed by atoms with E-state index in [1.54, 1.807) is 97.0 Å². The van der Waals surface area contributed by atoms with E-state index < -0.39 is 47.3 Å². The molecule has 0 fully saturated rings. The molecule has 8 heteroatoms. The van der Waals surface area contributed by atoms with Crippen LogP contribution < -0.4 is 5.32 Å². The number of rotatable bonds is 8. The van der Waals surface area contributed by atoms with E-state index in [0.717, 1.165) is 0 Å². The van der Waals surface area contributed by atoms with Crippen LogP contribution in [0, 0.1) is 0 Å². The van der Waals surface area contributed by atoms with E-state index in [2.05, 4.69) is 5.32 Å². The number of carbonyl (C=O) groups excluding carboxylic acids is 4. The van der Waals surface area contributed by atoms with Crippen molar-refractivity contribution in [1.82, 2.24) is 5.32 Å². The van der Waals surface area contributed by atoms with Crippen LogP contribution in [0.2, 0.25) is 0 Å². The van der Waals surface area contributed by atoms with Crippen molar-refractivity contribution in [1.29, 1.82) is 0 Å². The summed E-state index contributed by atoms with van der Waals surface area (Å²) in [6, 6.07) is 14.3. The molecular weight excluding hydrogens is 474 g/mol. The highest BCUT2D eigenvalue weighted by atomic mass is 16.6. The van der Waals surface area contributed by atoms with Gasteiger partial charge in [0.25, 0.3) is 0 Å². The fourth-order valence-corrected chi connectivity index (χ4v) is 3.36. The standard InChI is InChI=1S/C29H37NO7/c1-18(21-15-12-16-22(17-21)24(31)20-13-10-9-11-14-20)25(32)35-19(2)23(26(33)36-28(3,4)5)30-27(34)37-29(6,7)8/h9-19,23H,1-8H3,(H,30,34)/t18-,19+,23+/m1/s1. The van der Waals surface area contributed by atoms with Crippen LogP contribution in [0.1, 0.15) is 82.8 Å². The van der Waals surface area contributed by atoms with Crippen molar-refractivity contribution in [3.05, 3.63) is 71.3 Å². The predicted molar refractivity (Wildman–Crippen MR) is 139 cm³/mol. The first kappa shape index (κ1) is 29.5. The average Bonchev–Trinajstić information content (AvgIpc) is 2.79. The molecule has 37 heavy (non-hydrogen) atoms. The number of hydrogen-bond donors (Lipinski definition) is 1. The fraction of sp³-hybridized carbons (Fsp3) is 0.448. The van der Waals surface area contributed by atoms with Crippen molar-refractivity contribution >= 4 is 23.8 Å². The summed E-state index contributed by atoms with van der Waals surface area (Å²) in [6.07, 6.45) is -1.90. The van der Waals surface area contributed by atoms with E-state index in [1.165, 1.54) is 6.92 Å². The van der Waals surface area contributed by atoms with Crippen LogP contribution in [0.25, 0.3) is 0 Å². The lowest BCUT2D eigenvalue weighted by Crippen LogP contribution is -2.52. The van der Waals surface area contributed by atoms with Crippen LogP contribution in [0.15, 0.2) is 54.6 Å². The number of ketones is 1. The average molecular weight is 512 g/mol. The van der Waals surface area contributed by atoms with Crippen molar-refractivity contribution in [3.63, 3.8) is 0 Å². The summed E-state index contributed by atoms with van der Waals surface area (Å²) in [5, 5.41) is 2.46. The molecule has 0 aliphatic carbocycles. The summed E-state index contributed by atoms with van der Waals surface area (Å²) < 4.78 is 16.3. The van der Waals surface area contributed by atoms with Crippen LogP contribution >= 0.6 is 0 Å². The van der Waals surface area contributed by atoms with Gasteiger partial charge in [-0.3, -0.25) is 9.59 Å². The minimum atomic E-state index is -1.30. The third-order valence-corrected chi connectivity index (χ3v) is 5.14. The predicted octanol–water partition coefficient (Wildman–Crippen LogP) is 5.19. The Morgan fingerprint density at radius 1 is 0.730 bits per heavy atom. The molecule has 0 bridgehead atoms. The maximum atomic E-state index is 13.0. The number of hydrogen-bond acceptors (Lipinski definition) is 7. The van der Waals surface area contributed by atoms with E-state index in [0.29, 0.717) is 16.7 Å². The molecule has 8 nitrogen and oxygen atoms in total. The van der Waals surface area contributed by atoms with Gasteiger partial charge in [0, 0.05) is 11.1 Å². The molecule has 0 saturated heterocycles. The lowest BCUT2D eigenvalue weighted by atomic mass is 9.95. The molecule has 0 unspecified atom stereocenters. The van der Waals surface area contributed by atoms with Gasteiger partial charge in [0.2, 0.25) is 0 Å². The molecule has 0 aliphatic rings. The number of nitrogens with one attached hydrogen (secondary N) is 1. The number of ether oxygens (including phenoxy) is 3. The molecule has 3 atom stereocenters. The van der Waals surface area contributed by atoms with Crippen LogP contribution in [0.3, 0.4) is 0 Å². The molecule has 0 saturated carbocycles. The van der Waals surface area contributed by atoms with Gasteiger partial charge in [-0.1, -0.05) is 48.5 Å². The molecule has 0 aliphatic heterocycles. The summed E-state index contributed by atoms with van der Waals surface area (Å²) in [5.74, 6) is -2.30. The highest BCUT2D eigenvalue weighted by molar-refractivity contribution is 6.09. The summed E-state index contributed by atoms with van der Waals surface area (Å²) in [7, 11) is 0. The molecule has 0 radical (unpaired) electrons. The van der Waals surface area contributed by atoms with Gasteiger partial charge in [0.15, 0.2) is 11.8 Å². The normalized spacial score (nSPS) is 14.1. The Kier molecular flexibility index (Phi) is 9.61. The Labute approximate surface area is 218 Å². The molecule has 2 aromatic rings. The van der Waals surface area contributed by atoms with E-state index >= 15 is 0 Å². The first-order valence-electron chi connectivity index (χ1n) is 12.2. The van der Waals surface area contributed by atoms with E-state index in [-0.39, 0.29) is 5.78 Å². The van der Waals surface area contributed by atoms with Crippen LogP contribution in [-0.4, -0.2) is 47.2 Å². The Morgan fingerprint density at radius 3 is 1.86 bits per heavy atom. The summed E-state index contributed by atoms with van der Waals surface area (Å²) in [4.78, 5) is 51.1. The molecular formula is C29H37NO7. The first-order chi connectivity index (χ1) is 17.1. The van der Waals surface area contributed by atoms with E-state index in [1.807, 2.05) is 6.07 Å². The SMILES string of the molecule is C[C@H](OC(=O)[C@H](C)c1cccc(C(=O)c2ccccc2)c1)[C@H](NC(=O)OC(C)(C)C)C(=O)OC(C)(C)C. The van der Waals surface area contributed by atoms with E-state index in [9.17, 15) is 19.2 Å². The minimum Gasteiger partial charge on any atom is -0.459 e. The first-order valence-corrected chi connectivity index (χ1v) is 12.2.